The van der Waals surface area contributed by atoms with Crippen molar-refractivity contribution in [3.05, 3.63) is 45.9 Å². The first-order valence-electron chi connectivity index (χ1n) is 6.61. The van der Waals surface area contributed by atoms with E-state index in [1.165, 1.54) is 26.8 Å². The van der Waals surface area contributed by atoms with Gasteiger partial charge >= 0.3 is 0 Å². The third-order valence-corrected chi connectivity index (χ3v) is 4.86. The van der Waals surface area contributed by atoms with E-state index in [2.05, 4.69) is 48.4 Å². The molecule has 0 saturated heterocycles. The van der Waals surface area contributed by atoms with Crippen LogP contribution in [0.5, 0.6) is 0 Å². The summed E-state index contributed by atoms with van der Waals surface area (Å²) >= 11 is 3.67. The zero-order valence-corrected chi connectivity index (χ0v) is 13.1. The van der Waals surface area contributed by atoms with Crippen molar-refractivity contribution >= 4 is 23.1 Å². The second-order valence-corrected chi connectivity index (χ2v) is 6.75. The van der Waals surface area contributed by atoms with Crippen LogP contribution in [-0.2, 0) is 12.3 Å². The molecule has 1 aromatic carbocycles. The summed E-state index contributed by atoms with van der Waals surface area (Å²) < 4.78 is 0. The van der Waals surface area contributed by atoms with E-state index in [0.717, 1.165) is 18.8 Å². The molecular formula is C15H20N2S2. The summed E-state index contributed by atoms with van der Waals surface area (Å²) in [5, 5.41) is 4.62. The SMILES string of the molecule is CCCNCc1cnc(CSc2cccc(C)c2)s1. The molecule has 0 unspecified atom stereocenters. The number of thiazole rings is 1. The van der Waals surface area contributed by atoms with E-state index < -0.39 is 0 Å². The highest BCUT2D eigenvalue weighted by Crippen LogP contribution is 2.25. The van der Waals surface area contributed by atoms with Gasteiger partial charge in [0.25, 0.3) is 0 Å². The summed E-state index contributed by atoms with van der Waals surface area (Å²) in [4.78, 5) is 7.14. The van der Waals surface area contributed by atoms with Crippen molar-refractivity contribution in [2.24, 2.45) is 0 Å². The van der Waals surface area contributed by atoms with Crippen LogP contribution in [0.3, 0.4) is 0 Å². The first kappa shape index (κ1) is 14.6. The topological polar surface area (TPSA) is 24.9 Å². The van der Waals surface area contributed by atoms with Gasteiger partial charge in [-0.2, -0.15) is 0 Å². The third kappa shape index (κ3) is 4.97. The highest BCUT2D eigenvalue weighted by Gasteiger charge is 2.03. The molecule has 0 bridgehead atoms. The van der Waals surface area contributed by atoms with Gasteiger partial charge < -0.3 is 5.32 Å². The Balaban J connectivity index is 1.83. The Hall–Kier alpha value is -0.840. The van der Waals surface area contributed by atoms with E-state index in [0.29, 0.717) is 0 Å². The van der Waals surface area contributed by atoms with Crippen molar-refractivity contribution in [1.82, 2.24) is 10.3 Å². The fourth-order valence-corrected chi connectivity index (χ4v) is 3.64. The molecule has 0 spiro atoms. The molecule has 102 valence electrons. The van der Waals surface area contributed by atoms with Crippen molar-refractivity contribution in [1.29, 1.82) is 0 Å². The Bertz CT molecular complexity index is 508. The van der Waals surface area contributed by atoms with Crippen molar-refractivity contribution < 1.29 is 0 Å². The second-order valence-electron chi connectivity index (χ2n) is 4.50. The van der Waals surface area contributed by atoms with Crippen LogP contribution in [0.2, 0.25) is 0 Å². The Morgan fingerprint density at radius 2 is 2.26 bits per heavy atom. The number of benzene rings is 1. The van der Waals surface area contributed by atoms with Gasteiger partial charge in [0.05, 0.1) is 5.75 Å². The number of rotatable bonds is 7. The van der Waals surface area contributed by atoms with Gasteiger partial charge in [-0.15, -0.1) is 23.1 Å². The van der Waals surface area contributed by atoms with E-state index in [1.807, 2.05) is 29.3 Å². The molecule has 4 heteroatoms. The van der Waals surface area contributed by atoms with Crippen LogP contribution < -0.4 is 5.32 Å². The van der Waals surface area contributed by atoms with E-state index in [4.69, 9.17) is 0 Å². The zero-order valence-electron chi connectivity index (χ0n) is 11.5. The molecule has 1 aromatic heterocycles. The molecule has 1 N–H and O–H groups in total. The van der Waals surface area contributed by atoms with E-state index >= 15 is 0 Å². The Labute approximate surface area is 123 Å². The molecule has 0 saturated carbocycles. The van der Waals surface area contributed by atoms with Crippen molar-refractivity contribution in [3.8, 4) is 0 Å². The smallest absolute Gasteiger partial charge is 0.103 e. The highest BCUT2D eigenvalue weighted by atomic mass is 32.2. The van der Waals surface area contributed by atoms with E-state index in [-0.39, 0.29) is 0 Å². The molecule has 0 radical (unpaired) electrons. The average molecular weight is 292 g/mol. The fraction of sp³-hybridized carbons (Fsp3) is 0.400. The fourth-order valence-electron chi connectivity index (χ4n) is 1.74. The molecule has 0 aliphatic rings. The van der Waals surface area contributed by atoms with Gasteiger partial charge in [-0.1, -0.05) is 24.6 Å². The zero-order chi connectivity index (χ0) is 13.5. The summed E-state index contributed by atoms with van der Waals surface area (Å²) in [5.74, 6) is 0.960. The van der Waals surface area contributed by atoms with Gasteiger partial charge in [0.1, 0.15) is 5.01 Å². The molecular weight excluding hydrogens is 272 g/mol. The van der Waals surface area contributed by atoms with Gasteiger partial charge in [0.2, 0.25) is 0 Å². The van der Waals surface area contributed by atoms with Gasteiger partial charge in [-0.25, -0.2) is 4.98 Å². The van der Waals surface area contributed by atoms with Gasteiger partial charge in [-0.05, 0) is 32.0 Å². The average Bonchev–Trinajstić information content (AvgIpc) is 2.85. The van der Waals surface area contributed by atoms with Crippen molar-refractivity contribution in [2.45, 2.75) is 37.5 Å². The number of thioether (sulfide) groups is 1. The van der Waals surface area contributed by atoms with E-state index in [1.54, 1.807) is 0 Å². The lowest BCUT2D eigenvalue weighted by molar-refractivity contribution is 0.681. The molecule has 2 aromatic rings. The summed E-state index contributed by atoms with van der Waals surface area (Å²) in [6.45, 7) is 6.33. The quantitative estimate of drug-likeness (QED) is 0.610. The van der Waals surface area contributed by atoms with Crippen molar-refractivity contribution in [2.75, 3.05) is 6.54 Å². The number of aryl methyl sites for hydroxylation is 1. The number of nitrogens with zero attached hydrogens (tertiary/aromatic N) is 1. The normalized spacial score (nSPS) is 10.8. The van der Waals surface area contributed by atoms with Crippen LogP contribution in [-0.4, -0.2) is 11.5 Å². The molecule has 0 aliphatic heterocycles. The first-order valence-corrected chi connectivity index (χ1v) is 8.42. The van der Waals surface area contributed by atoms with Gasteiger partial charge in [0, 0.05) is 22.5 Å². The summed E-state index contributed by atoms with van der Waals surface area (Å²) in [5.41, 5.74) is 1.31. The minimum absolute atomic E-state index is 0.945. The number of hydrogen-bond acceptors (Lipinski definition) is 4. The predicted molar refractivity (Wildman–Crippen MR) is 84.9 cm³/mol. The maximum atomic E-state index is 4.49. The lowest BCUT2D eigenvalue weighted by Gasteiger charge is -2.00. The molecule has 2 rings (SSSR count). The first-order chi connectivity index (χ1) is 9.28. The molecule has 2 nitrogen and oxygen atoms in total. The predicted octanol–water partition coefficient (Wildman–Crippen LogP) is 4.24. The van der Waals surface area contributed by atoms with Crippen LogP contribution in [0.25, 0.3) is 0 Å². The van der Waals surface area contributed by atoms with Crippen LogP contribution in [0.1, 0.15) is 28.8 Å². The van der Waals surface area contributed by atoms with Crippen LogP contribution in [0.4, 0.5) is 0 Å². The minimum atomic E-state index is 0.945. The van der Waals surface area contributed by atoms with Gasteiger partial charge in [-0.3, -0.25) is 0 Å². The minimum Gasteiger partial charge on any atom is -0.312 e. The Kier molecular flexibility index (Phi) is 5.89. The van der Waals surface area contributed by atoms with Crippen molar-refractivity contribution in [3.63, 3.8) is 0 Å². The lowest BCUT2D eigenvalue weighted by Crippen LogP contribution is -2.12. The maximum absolute atomic E-state index is 4.49. The third-order valence-electron chi connectivity index (χ3n) is 2.68. The maximum Gasteiger partial charge on any atom is 0.103 e. The lowest BCUT2D eigenvalue weighted by atomic mass is 10.2. The molecule has 1 heterocycles. The summed E-state index contributed by atoms with van der Waals surface area (Å²) in [6.07, 6.45) is 3.17. The van der Waals surface area contributed by atoms with Crippen LogP contribution in [0, 0.1) is 6.92 Å². The van der Waals surface area contributed by atoms with Crippen LogP contribution >= 0.6 is 23.1 Å². The Morgan fingerprint density at radius 1 is 1.37 bits per heavy atom. The van der Waals surface area contributed by atoms with Gasteiger partial charge in [0.15, 0.2) is 0 Å². The number of hydrogen-bond donors (Lipinski definition) is 1. The standard InChI is InChI=1S/C15H20N2S2/c1-3-7-16-9-14-10-17-15(19-14)11-18-13-6-4-5-12(2)8-13/h4-6,8,10,16H,3,7,9,11H2,1-2H3. The molecule has 0 aliphatic carbocycles. The monoisotopic (exact) mass is 292 g/mol. The highest BCUT2D eigenvalue weighted by molar-refractivity contribution is 7.98. The molecule has 0 atom stereocenters. The number of nitrogens with one attached hydrogen (secondary N) is 1. The molecule has 0 fully saturated rings. The largest absolute Gasteiger partial charge is 0.312 e. The van der Waals surface area contributed by atoms with E-state index in [9.17, 15) is 0 Å². The second kappa shape index (κ2) is 7.68. The summed E-state index contributed by atoms with van der Waals surface area (Å²) in [7, 11) is 0. The molecule has 19 heavy (non-hydrogen) atoms. The van der Waals surface area contributed by atoms with Crippen LogP contribution in [0.15, 0.2) is 35.4 Å². The molecule has 0 amide bonds. The Morgan fingerprint density at radius 3 is 3.05 bits per heavy atom. The summed E-state index contributed by atoms with van der Waals surface area (Å²) in [6, 6.07) is 8.63. The number of aromatic nitrogens is 1.